The van der Waals surface area contributed by atoms with Crippen molar-refractivity contribution in [1.29, 1.82) is 0 Å². The average molecular weight is 238 g/mol. The van der Waals surface area contributed by atoms with Gasteiger partial charge in [0, 0.05) is 5.69 Å². The van der Waals surface area contributed by atoms with E-state index < -0.39 is 5.97 Å². The van der Waals surface area contributed by atoms with Gasteiger partial charge in [-0.15, -0.1) is 0 Å². The van der Waals surface area contributed by atoms with Gasteiger partial charge in [0.15, 0.2) is 5.69 Å². The third-order valence-electron chi connectivity index (χ3n) is 2.33. The Balaban J connectivity index is 2.68. The lowest BCUT2D eigenvalue weighted by Crippen LogP contribution is -2.12. The number of carboxylic acid groups (broad SMARTS) is 1. The van der Waals surface area contributed by atoms with E-state index >= 15 is 0 Å². The highest BCUT2D eigenvalue weighted by molar-refractivity contribution is 5.85. The second kappa shape index (κ2) is 6.18. The summed E-state index contributed by atoms with van der Waals surface area (Å²) in [6.45, 7) is 6.42. The lowest BCUT2D eigenvalue weighted by Gasteiger charge is -2.11. The first kappa shape index (κ1) is 13.4. The van der Waals surface area contributed by atoms with Crippen molar-refractivity contribution in [3.05, 3.63) is 17.5 Å². The molecule has 0 fully saturated rings. The Bertz CT molecular complexity index is 393. The molecule has 0 aliphatic rings. The zero-order valence-electron chi connectivity index (χ0n) is 10.4. The molecule has 17 heavy (non-hydrogen) atoms. The summed E-state index contributed by atoms with van der Waals surface area (Å²) in [4.78, 5) is 18.7. The van der Waals surface area contributed by atoms with Crippen LogP contribution in [0.4, 0.5) is 0 Å². The van der Waals surface area contributed by atoms with Gasteiger partial charge in [-0.2, -0.15) is 4.98 Å². The predicted molar refractivity (Wildman–Crippen MR) is 63.3 cm³/mol. The summed E-state index contributed by atoms with van der Waals surface area (Å²) in [5, 5.41) is 8.85. The molecule has 0 saturated carbocycles. The molecule has 94 valence electrons. The van der Waals surface area contributed by atoms with E-state index in [1.165, 1.54) is 6.07 Å². The Morgan fingerprint density at radius 2 is 2.24 bits per heavy atom. The molecule has 0 aliphatic heterocycles. The smallest absolute Gasteiger partial charge is 0.354 e. The van der Waals surface area contributed by atoms with Crippen molar-refractivity contribution in [1.82, 2.24) is 9.97 Å². The number of rotatable bonds is 6. The van der Waals surface area contributed by atoms with Gasteiger partial charge in [-0.25, -0.2) is 9.78 Å². The number of hydrogen-bond donors (Lipinski definition) is 1. The maximum absolute atomic E-state index is 10.8. The minimum atomic E-state index is -1.07. The number of aryl methyl sites for hydroxylation is 1. The number of carboxylic acids is 1. The van der Waals surface area contributed by atoms with E-state index in [0.717, 1.165) is 12.8 Å². The third-order valence-corrected chi connectivity index (χ3v) is 2.33. The Morgan fingerprint density at radius 1 is 1.53 bits per heavy atom. The van der Waals surface area contributed by atoms with E-state index in [4.69, 9.17) is 9.84 Å². The first-order chi connectivity index (χ1) is 8.02. The highest BCUT2D eigenvalue weighted by atomic mass is 16.5. The number of ether oxygens (including phenoxy) is 1. The van der Waals surface area contributed by atoms with Crippen molar-refractivity contribution in [3.63, 3.8) is 0 Å². The van der Waals surface area contributed by atoms with E-state index in [1.807, 2.05) is 0 Å². The Morgan fingerprint density at radius 3 is 2.82 bits per heavy atom. The molecule has 1 unspecified atom stereocenters. The largest absolute Gasteiger partial charge is 0.477 e. The van der Waals surface area contributed by atoms with Crippen LogP contribution in [0, 0.1) is 12.8 Å². The Labute approximate surface area is 101 Å². The first-order valence-electron chi connectivity index (χ1n) is 5.74. The lowest BCUT2D eigenvalue weighted by atomic mass is 10.1. The van der Waals surface area contributed by atoms with Gasteiger partial charge >= 0.3 is 12.0 Å². The number of hydrogen-bond acceptors (Lipinski definition) is 4. The van der Waals surface area contributed by atoms with Gasteiger partial charge < -0.3 is 9.84 Å². The Hall–Kier alpha value is -1.65. The molecule has 5 heteroatoms. The Kier molecular flexibility index (Phi) is 4.87. The van der Waals surface area contributed by atoms with E-state index in [1.54, 1.807) is 6.92 Å². The van der Waals surface area contributed by atoms with Crippen LogP contribution in [0.5, 0.6) is 6.01 Å². The van der Waals surface area contributed by atoms with Gasteiger partial charge in [-0.3, -0.25) is 0 Å². The standard InChI is InChI=1S/C12H18N2O3/c1-4-5-8(2)7-17-12-13-9(3)6-10(14-12)11(15)16/h6,8H,4-5,7H2,1-3H3,(H,15,16). The molecule has 1 aromatic heterocycles. The van der Waals surface area contributed by atoms with Crippen LogP contribution >= 0.6 is 0 Å². The molecule has 1 N–H and O–H groups in total. The molecular weight excluding hydrogens is 220 g/mol. The monoisotopic (exact) mass is 238 g/mol. The SMILES string of the molecule is CCCC(C)COc1nc(C)cc(C(=O)O)n1. The van der Waals surface area contributed by atoms with Gasteiger partial charge in [0.1, 0.15) is 0 Å². The van der Waals surface area contributed by atoms with Crippen molar-refractivity contribution < 1.29 is 14.6 Å². The second-order valence-corrected chi connectivity index (χ2v) is 4.19. The minimum absolute atomic E-state index is 0.0318. The maximum atomic E-state index is 10.8. The van der Waals surface area contributed by atoms with E-state index in [2.05, 4.69) is 23.8 Å². The summed E-state index contributed by atoms with van der Waals surface area (Å²) in [6.07, 6.45) is 2.16. The third kappa shape index (κ3) is 4.38. The molecule has 1 aromatic rings. The fraction of sp³-hybridized carbons (Fsp3) is 0.583. The molecule has 0 spiro atoms. The fourth-order valence-corrected chi connectivity index (χ4v) is 1.51. The summed E-state index contributed by atoms with van der Waals surface area (Å²) >= 11 is 0. The maximum Gasteiger partial charge on any atom is 0.354 e. The van der Waals surface area contributed by atoms with Crippen LogP contribution in [-0.4, -0.2) is 27.7 Å². The van der Waals surface area contributed by atoms with Gasteiger partial charge in [-0.1, -0.05) is 20.3 Å². The van der Waals surface area contributed by atoms with E-state index in [0.29, 0.717) is 18.2 Å². The van der Waals surface area contributed by atoms with Crippen LogP contribution in [0.2, 0.25) is 0 Å². The van der Waals surface area contributed by atoms with Crippen LogP contribution in [-0.2, 0) is 0 Å². The zero-order chi connectivity index (χ0) is 12.8. The molecular formula is C12H18N2O3. The summed E-state index contributed by atoms with van der Waals surface area (Å²) in [5.41, 5.74) is 0.561. The predicted octanol–water partition coefficient (Wildman–Crippen LogP) is 2.30. The second-order valence-electron chi connectivity index (χ2n) is 4.19. The van der Waals surface area contributed by atoms with Crippen LogP contribution in [0.25, 0.3) is 0 Å². The number of nitrogens with zero attached hydrogens (tertiary/aromatic N) is 2. The molecule has 0 aliphatic carbocycles. The normalized spacial score (nSPS) is 12.2. The number of carbonyl (C=O) groups is 1. The van der Waals surface area contributed by atoms with E-state index in [-0.39, 0.29) is 11.7 Å². The molecule has 0 saturated heterocycles. The van der Waals surface area contributed by atoms with Gasteiger partial charge in [-0.05, 0) is 25.3 Å². The number of aromatic nitrogens is 2. The van der Waals surface area contributed by atoms with Crippen molar-refractivity contribution >= 4 is 5.97 Å². The van der Waals surface area contributed by atoms with Crippen LogP contribution in [0.3, 0.4) is 0 Å². The molecule has 5 nitrogen and oxygen atoms in total. The summed E-state index contributed by atoms with van der Waals surface area (Å²) < 4.78 is 5.41. The zero-order valence-corrected chi connectivity index (χ0v) is 10.4. The van der Waals surface area contributed by atoms with Gasteiger partial charge in [0.2, 0.25) is 0 Å². The summed E-state index contributed by atoms with van der Waals surface area (Å²) in [7, 11) is 0. The molecule has 0 bridgehead atoms. The molecule has 1 atom stereocenters. The van der Waals surface area contributed by atoms with Crippen LogP contribution < -0.4 is 4.74 Å². The lowest BCUT2D eigenvalue weighted by molar-refractivity contribution is 0.0688. The quantitative estimate of drug-likeness (QED) is 0.823. The van der Waals surface area contributed by atoms with Crippen molar-refractivity contribution in [2.45, 2.75) is 33.6 Å². The number of aromatic carboxylic acids is 1. The van der Waals surface area contributed by atoms with Gasteiger partial charge in [0.25, 0.3) is 0 Å². The topological polar surface area (TPSA) is 72.3 Å². The van der Waals surface area contributed by atoms with Crippen molar-refractivity contribution in [2.75, 3.05) is 6.61 Å². The molecule has 1 rings (SSSR count). The summed E-state index contributed by atoms with van der Waals surface area (Å²) in [6, 6.07) is 1.57. The highest BCUT2D eigenvalue weighted by Crippen LogP contribution is 2.10. The molecule has 0 amide bonds. The van der Waals surface area contributed by atoms with Crippen LogP contribution in [0.1, 0.15) is 42.9 Å². The molecule has 0 aromatic carbocycles. The van der Waals surface area contributed by atoms with Crippen molar-refractivity contribution in [3.8, 4) is 6.01 Å². The van der Waals surface area contributed by atoms with Crippen LogP contribution in [0.15, 0.2) is 6.07 Å². The van der Waals surface area contributed by atoms with Gasteiger partial charge in [0.05, 0.1) is 6.61 Å². The van der Waals surface area contributed by atoms with E-state index in [9.17, 15) is 4.79 Å². The minimum Gasteiger partial charge on any atom is -0.477 e. The van der Waals surface area contributed by atoms with Crippen molar-refractivity contribution in [2.24, 2.45) is 5.92 Å². The highest BCUT2D eigenvalue weighted by Gasteiger charge is 2.10. The summed E-state index contributed by atoms with van der Waals surface area (Å²) in [5.74, 6) is -0.653. The fourth-order valence-electron chi connectivity index (χ4n) is 1.51. The first-order valence-corrected chi connectivity index (χ1v) is 5.74. The molecule has 0 radical (unpaired) electrons. The molecule has 1 heterocycles. The average Bonchev–Trinajstić information content (AvgIpc) is 2.26.